The van der Waals surface area contributed by atoms with Gasteiger partial charge in [-0.2, -0.15) is 0 Å². The van der Waals surface area contributed by atoms with Crippen LogP contribution in [0.1, 0.15) is 12.0 Å². The van der Waals surface area contributed by atoms with E-state index in [0.717, 1.165) is 44.0 Å². The highest BCUT2D eigenvalue weighted by atomic mass is 32.1. The summed E-state index contributed by atoms with van der Waals surface area (Å²) in [6, 6.07) is 9.69. The number of ether oxygens (including phenoxy) is 3. The molecule has 1 amide bonds. The molecule has 4 rings (SSSR count). The number of methoxy groups -OCH3 is 2. The fraction of sp³-hybridized carbons (Fsp3) is 0.417. The molecule has 0 N–H and O–H groups in total. The van der Waals surface area contributed by atoms with Crippen LogP contribution in [0.25, 0.3) is 10.2 Å². The van der Waals surface area contributed by atoms with E-state index < -0.39 is 4.92 Å². The van der Waals surface area contributed by atoms with Gasteiger partial charge in [0.1, 0.15) is 21.7 Å². The fourth-order valence-corrected chi connectivity index (χ4v) is 5.12. The number of aromatic nitrogens is 1. The number of hydrogen-bond acceptors (Lipinski definition) is 9. The van der Waals surface area contributed by atoms with Gasteiger partial charge < -0.3 is 14.2 Å². The number of nitrogens with zero attached hydrogens (tertiary/aromatic N) is 4. The molecular weight excluding hydrogens is 472 g/mol. The lowest BCUT2D eigenvalue weighted by Crippen LogP contribution is -2.39. The highest BCUT2D eigenvalue weighted by molar-refractivity contribution is 7.22. The van der Waals surface area contributed by atoms with E-state index in [1.165, 1.54) is 23.5 Å². The van der Waals surface area contributed by atoms with E-state index in [1.54, 1.807) is 37.3 Å². The zero-order valence-electron chi connectivity index (χ0n) is 19.8. The molecule has 35 heavy (non-hydrogen) atoms. The van der Waals surface area contributed by atoms with E-state index in [0.29, 0.717) is 34.3 Å². The summed E-state index contributed by atoms with van der Waals surface area (Å²) in [5.74, 6) is 1.15. The van der Waals surface area contributed by atoms with E-state index >= 15 is 0 Å². The quantitative estimate of drug-likeness (QED) is 0.307. The first kappa shape index (κ1) is 24.8. The van der Waals surface area contributed by atoms with E-state index in [2.05, 4.69) is 4.90 Å². The minimum absolute atomic E-state index is 0.00562. The average Bonchev–Trinajstić information content (AvgIpc) is 3.32. The molecular formula is C24H28N4O6S. The highest BCUT2D eigenvalue weighted by Crippen LogP contribution is 2.40. The van der Waals surface area contributed by atoms with Gasteiger partial charge in [0, 0.05) is 38.3 Å². The topological polar surface area (TPSA) is 107 Å². The number of carbonyl (C=O) groups excluding carboxylic acids is 1. The SMILES string of the molecule is COc1ccc(OC)c2sc(N(CCCN3CCOCC3)C(=O)Cc3ccc([N+](=O)[O-])cc3)nc12. The Morgan fingerprint density at radius 3 is 2.49 bits per heavy atom. The van der Waals surface area contributed by atoms with Crippen LogP contribution < -0.4 is 14.4 Å². The number of anilines is 1. The molecule has 10 nitrogen and oxygen atoms in total. The summed E-state index contributed by atoms with van der Waals surface area (Å²) in [7, 11) is 3.18. The molecule has 11 heteroatoms. The van der Waals surface area contributed by atoms with Crippen molar-refractivity contribution in [1.29, 1.82) is 0 Å². The molecule has 0 unspecified atom stereocenters. The molecule has 0 aliphatic carbocycles. The molecule has 1 aromatic heterocycles. The predicted octanol–water partition coefficient (Wildman–Crippen LogP) is 3.52. The van der Waals surface area contributed by atoms with E-state index in [1.807, 2.05) is 6.07 Å². The van der Waals surface area contributed by atoms with E-state index in [4.69, 9.17) is 19.2 Å². The summed E-state index contributed by atoms with van der Waals surface area (Å²) in [6.07, 6.45) is 0.885. The lowest BCUT2D eigenvalue weighted by Gasteiger charge is -2.27. The number of nitro benzene ring substituents is 1. The molecule has 0 spiro atoms. The standard InChI is InChI=1S/C24H28N4O6S/c1-32-19-8-9-20(33-2)23-22(19)25-24(35-23)27(11-3-10-26-12-14-34-15-13-26)21(29)16-17-4-6-18(7-5-17)28(30)31/h4-9H,3,10-16H2,1-2H3. The summed E-state index contributed by atoms with van der Waals surface area (Å²) in [4.78, 5) is 32.7. The third kappa shape index (κ3) is 5.87. The predicted molar refractivity (Wildman–Crippen MR) is 134 cm³/mol. The zero-order valence-corrected chi connectivity index (χ0v) is 20.6. The number of non-ortho nitro benzene ring substituents is 1. The van der Waals surface area contributed by atoms with Crippen molar-refractivity contribution in [3.8, 4) is 11.5 Å². The molecule has 0 saturated carbocycles. The molecule has 1 aliphatic heterocycles. The van der Waals surface area contributed by atoms with Crippen molar-refractivity contribution in [2.24, 2.45) is 0 Å². The molecule has 3 aromatic rings. The van der Waals surface area contributed by atoms with Crippen molar-refractivity contribution in [1.82, 2.24) is 9.88 Å². The number of hydrogen-bond donors (Lipinski definition) is 0. The Bertz CT molecular complexity index is 1140. The van der Waals surface area contributed by atoms with Crippen LogP contribution in [0.5, 0.6) is 11.5 Å². The first-order valence-corrected chi connectivity index (χ1v) is 12.2. The third-order valence-corrected chi connectivity index (χ3v) is 6.99. The van der Waals surface area contributed by atoms with Crippen LogP contribution in [0, 0.1) is 10.1 Å². The van der Waals surface area contributed by atoms with Crippen molar-refractivity contribution < 1.29 is 23.9 Å². The van der Waals surface area contributed by atoms with Crippen molar-refractivity contribution in [3.63, 3.8) is 0 Å². The van der Waals surface area contributed by atoms with E-state index in [-0.39, 0.29) is 18.0 Å². The van der Waals surface area contributed by atoms with Crippen molar-refractivity contribution in [2.45, 2.75) is 12.8 Å². The molecule has 1 aliphatic rings. The molecule has 1 saturated heterocycles. The second kappa shape index (κ2) is 11.4. The van der Waals surface area contributed by atoms with Gasteiger partial charge in [-0.05, 0) is 24.1 Å². The van der Waals surface area contributed by atoms with Gasteiger partial charge >= 0.3 is 0 Å². The summed E-state index contributed by atoms with van der Waals surface area (Å²) >= 11 is 1.38. The molecule has 0 bridgehead atoms. The van der Waals surface area contributed by atoms with Crippen LogP contribution in [-0.4, -0.2) is 74.3 Å². The van der Waals surface area contributed by atoms with Gasteiger partial charge in [0.2, 0.25) is 5.91 Å². The van der Waals surface area contributed by atoms with Gasteiger partial charge in [-0.3, -0.25) is 24.7 Å². The van der Waals surface area contributed by atoms with Gasteiger partial charge in [-0.1, -0.05) is 23.5 Å². The molecule has 1 fully saturated rings. The Hall–Kier alpha value is -3.28. The number of carbonyl (C=O) groups is 1. The number of amides is 1. The second-order valence-corrected chi connectivity index (χ2v) is 9.08. The number of morpholine rings is 1. The van der Waals surface area contributed by atoms with Crippen LogP contribution in [0.3, 0.4) is 0 Å². The fourth-order valence-electron chi connectivity index (χ4n) is 4.00. The van der Waals surface area contributed by atoms with Crippen molar-refractivity contribution in [2.75, 3.05) is 58.5 Å². The minimum atomic E-state index is -0.453. The minimum Gasteiger partial charge on any atom is -0.495 e. The zero-order chi connectivity index (χ0) is 24.8. The number of fused-ring (bicyclic) bond motifs is 1. The number of benzene rings is 2. The average molecular weight is 501 g/mol. The summed E-state index contributed by atoms with van der Waals surface area (Å²) in [5, 5.41) is 11.5. The molecule has 2 aromatic carbocycles. The van der Waals surface area contributed by atoms with Crippen LogP contribution >= 0.6 is 11.3 Å². The van der Waals surface area contributed by atoms with Gasteiger partial charge in [0.25, 0.3) is 5.69 Å². The van der Waals surface area contributed by atoms with Gasteiger partial charge in [-0.25, -0.2) is 4.98 Å². The van der Waals surface area contributed by atoms with Crippen molar-refractivity contribution in [3.05, 3.63) is 52.1 Å². The maximum absolute atomic E-state index is 13.5. The first-order valence-electron chi connectivity index (χ1n) is 11.4. The first-order chi connectivity index (χ1) is 17.0. The monoisotopic (exact) mass is 500 g/mol. The summed E-state index contributed by atoms with van der Waals surface area (Å²) in [5.41, 5.74) is 1.34. The lowest BCUT2D eigenvalue weighted by atomic mass is 10.1. The Morgan fingerprint density at radius 1 is 1.14 bits per heavy atom. The molecule has 2 heterocycles. The van der Waals surface area contributed by atoms with E-state index in [9.17, 15) is 14.9 Å². The van der Waals surface area contributed by atoms with Gasteiger partial charge in [0.15, 0.2) is 5.13 Å². The Morgan fingerprint density at radius 2 is 1.83 bits per heavy atom. The van der Waals surface area contributed by atoms with Crippen LogP contribution in [-0.2, 0) is 16.0 Å². The number of rotatable bonds is 10. The summed E-state index contributed by atoms with van der Waals surface area (Å²) < 4.78 is 17.2. The summed E-state index contributed by atoms with van der Waals surface area (Å²) in [6.45, 7) is 4.55. The maximum atomic E-state index is 13.5. The molecule has 0 radical (unpaired) electrons. The van der Waals surface area contributed by atoms with Crippen molar-refractivity contribution >= 4 is 38.3 Å². The number of nitro groups is 1. The highest BCUT2D eigenvalue weighted by Gasteiger charge is 2.23. The maximum Gasteiger partial charge on any atom is 0.269 e. The largest absolute Gasteiger partial charge is 0.495 e. The second-order valence-electron chi connectivity index (χ2n) is 8.10. The Balaban J connectivity index is 1.59. The van der Waals surface area contributed by atoms with Crippen LogP contribution in [0.4, 0.5) is 10.8 Å². The Kier molecular flexibility index (Phi) is 8.11. The smallest absolute Gasteiger partial charge is 0.269 e. The lowest BCUT2D eigenvalue weighted by molar-refractivity contribution is -0.384. The third-order valence-electron chi connectivity index (χ3n) is 5.89. The number of thiazole rings is 1. The van der Waals surface area contributed by atoms with Gasteiger partial charge in [-0.15, -0.1) is 0 Å². The Labute approximate surface area is 207 Å². The van der Waals surface area contributed by atoms with Gasteiger partial charge in [0.05, 0.1) is 38.8 Å². The van der Waals surface area contributed by atoms with Crippen LogP contribution in [0.15, 0.2) is 36.4 Å². The molecule has 186 valence electrons. The normalized spacial score (nSPS) is 14.1. The molecule has 0 atom stereocenters. The van der Waals surface area contributed by atoms with Crippen LogP contribution in [0.2, 0.25) is 0 Å².